The van der Waals surface area contributed by atoms with E-state index in [1.807, 2.05) is 12.1 Å². The van der Waals surface area contributed by atoms with Gasteiger partial charge in [-0.05, 0) is 112 Å². The highest BCUT2D eigenvalue weighted by Crippen LogP contribution is 2.40. The lowest BCUT2D eigenvalue weighted by atomic mass is 9.96. The molecule has 58 heavy (non-hydrogen) atoms. The number of allylic oxidation sites excluding steroid dienone is 4. The van der Waals surface area contributed by atoms with E-state index < -0.39 is 0 Å². The second-order valence-corrected chi connectivity index (χ2v) is 14.9. The van der Waals surface area contributed by atoms with E-state index >= 15 is 0 Å². The van der Waals surface area contributed by atoms with Crippen LogP contribution in [0.2, 0.25) is 0 Å². The van der Waals surface area contributed by atoms with Crippen molar-refractivity contribution in [3.63, 3.8) is 0 Å². The minimum atomic E-state index is 0.221. The Labute approximate surface area is 340 Å². The van der Waals surface area contributed by atoms with E-state index in [1.165, 1.54) is 55.2 Å². The molecule has 278 valence electrons. The predicted octanol–water partition coefficient (Wildman–Crippen LogP) is 14.9. The third-order valence-corrected chi connectivity index (χ3v) is 11.5. The highest BCUT2D eigenvalue weighted by atomic mass is 16.5. The van der Waals surface area contributed by atoms with E-state index in [0.29, 0.717) is 0 Å². The number of benzene rings is 8. The monoisotopic (exact) mass is 746 g/mol. The summed E-state index contributed by atoms with van der Waals surface area (Å²) in [6.07, 6.45) is 8.00. The van der Waals surface area contributed by atoms with Gasteiger partial charge in [-0.2, -0.15) is 0 Å². The zero-order chi connectivity index (χ0) is 38.8. The van der Waals surface area contributed by atoms with Crippen LogP contribution in [0.25, 0.3) is 60.8 Å². The van der Waals surface area contributed by atoms with Crippen molar-refractivity contribution >= 4 is 44.4 Å². The number of hydrogen-bond acceptors (Lipinski definition) is 2. The first-order valence-corrected chi connectivity index (χ1v) is 20.0. The summed E-state index contributed by atoms with van der Waals surface area (Å²) < 4.78 is 7.91. The van der Waals surface area contributed by atoms with E-state index in [2.05, 4.69) is 216 Å². The molecule has 3 heteroatoms. The van der Waals surface area contributed by atoms with E-state index in [9.17, 15) is 0 Å². The molecule has 0 radical (unpaired) electrons. The Morgan fingerprint density at radius 2 is 0.828 bits per heavy atom. The molecule has 1 aliphatic carbocycles. The first kappa shape index (κ1) is 35.1. The van der Waals surface area contributed by atoms with Crippen LogP contribution in [-0.2, 0) is 0 Å². The van der Waals surface area contributed by atoms with Crippen molar-refractivity contribution in [1.29, 1.82) is 0 Å². The molecule has 0 saturated carbocycles. The third-order valence-electron chi connectivity index (χ3n) is 11.5. The van der Waals surface area contributed by atoms with Crippen LogP contribution >= 0.6 is 0 Å². The smallest absolute Gasteiger partial charge is 0.118 e. The van der Waals surface area contributed by atoms with Crippen LogP contribution in [0, 0.1) is 0 Å². The average Bonchev–Trinajstić information content (AvgIpc) is 3.65. The maximum absolute atomic E-state index is 5.40. The molecule has 0 fully saturated rings. The van der Waals surface area contributed by atoms with E-state index in [4.69, 9.17) is 4.74 Å². The fraction of sp³-hybridized carbons (Fsp3) is 0.0545. The lowest BCUT2D eigenvalue weighted by Gasteiger charge is -2.26. The van der Waals surface area contributed by atoms with Gasteiger partial charge in [0.05, 0.1) is 13.2 Å². The molecule has 1 unspecified atom stereocenters. The molecule has 1 aromatic heterocycles. The maximum atomic E-state index is 5.40. The molecule has 0 amide bonds. The Kier molecular flexibility index (Phi) is 9.25. The molecule has 8 aromatic carbocycles. The normalized spacial score (nSPS) is 13.7. The average molecular weight is 747 g/mol. The third kappa shape index (κ3) is 6.67. The first-order valence-electron chi connectivity index (χ1n) is 20.0. The summed E-state index contributed by atoms with van der Waals surface area (Å²) in [6.45, 7) is 0. The fourth-order valence-electron chi connectivity index (χ4n) is 8.47. The summed E-state index contributed by atoms with van der Waals surface area (Å²) >= 11 is 0. The summed E-state index contributed by atoms with van der Waals surface area (Å²) in [7, 11) is 1.70. The summed E-state index contributed by atoms with van der Waals surface area (Å²) in [5.41, 5.74) is 15.4. The van der Waals surface area contributed by atoms with Crippen LogP contribution in [0.3, 0.4) is 0 Å². The number of methoxy groups -OCH3 is 1. The van der Waals surface area contributed by atoms with Gasteiger partial charge in [0, 0.05) is 38.9 Å². The second-order valence-electron chi connectivity index (χ2n) is 14.9. The first-order chi connectivity index (χ1) is 28.7. The van der Waals surface area contributed by atoms with Crippen molar-refractivity contribution in [1.82, 2.24) is 4.57 Å². The lowest BCUT2D eigenvalue weighted by Crippen LogP contribution is -2.10. The molecule has 9 aromatic rings. The lowest BCUT2D eigenvalue weighted by molar-refractivity contribution is 0.415. The van der Waals surface area contributed by atoms with Gasteiger partial charge in [-0.15, -0.1) is 0 Å². The van der Waals surface area contributed by atoms with Crippen LogP contribution in [-0.4, -0.2) is 11.7 Å². The van der Waals surface area contributed by atoms with Crippen molar-refractivity contribution < 1.29 is 4.74 Å². The number of nitrogens with zero attached hydrogens (tertiary/aromatic N) is 2. The number of rotatable bonds is 9. The molecule has 3 nitrogen and oxygen atoms in total. The Balaban J connectivity index is 0.980. The number of aromatic nitrogens is 1. The predicted molar refractivity (Wildman–Crippen MR) is 244 cm³/mol. The van der Waals surface area contributed by atoms with Crippen molar-refractivity contribution in [3.8, 4) is 39.1 Å². The zero-order valence-electron chi connectivity index (χ0n) is 32.4. The molecular weight excluding hydrogens is 705 g/mol. The molecule has 1 heterocycles. The van der Waals surface area contributed by atoms with Crippen LogP contribution in [0.4, 0.5) is 17.1 Å². The van der Waals surface area contributed by atoms with E-state index in [1.54, 1.807) is 7.11 Å². The van der Waals surface area contributed by atoms with E-state index in [0.717, 1.165) is 40.4 Å². The number of para-hydroxylation sites is 2. The van der Waals surface area contributed by atoms with Gasteiger partial charge < -0.3 is 14.2 Å². The Hall–Kier alpha value is -7.36. The van der Waals surface area contributed by atoms with Crippen molar-refractivity contribution in [2.24, 2.45) is 0 Å². The summed E-state index contributed by atoms with van der Waals surface area (Å²) in [5, 5.41) is 2.61. The zero-order valence-corrected chi connectivity index (χ0v) is 32.4. The molecule has 0 bridgehead atoms. The number of fused-ring (bicyclic) bond motifs is 3. The highest BCUT2D eigenvalue weighted by Gasteiger charge is 2.19. The van der Waals surface area contributed by atoms with Gasteiger partial charge in [-0.25, -0.2) is 0 Å². The van der Waals surface area contributed by atoms with Gasteiger partial charge in [-0.3, -0.25) is 0 Å². The molecule has 0 saturated heterocycles. The number of ether oxygens (including phenoxy) is 1. The van der Waals surface area contributed by atoms with E-state index in [-0.39, 0.29) is 6.04 Å². The van der Waals surface area contributed by atoms with Gasteiger partial charge in [0.15, 0.2) is 0 Å². The summed E-state index contributed by atoms with van der Waals surface area (Å²) in [6, 6.07) is 72.2. The van der Waals surface area contributed by atoms with Crippen molar-refractivity contribution in [2.75, 3.05) is 12.0 Å². The molecule has 1 aliphatic rings. The maximum Gasteiger partial charge on any atom is 0.118 e. The molecular formula is C55H42N2O. The SMILES string of the molecule is COc1ccc(-c2ccc(N(c3ccc(C4=CC(n5c6ccccc6c6ccccc65)CC=C4)cc3)c3ccc(-c4ccc(-c5ccccc5)cc4)cc3)cc2)cc1. The van der Waals surface area contributed by atoms with Crippen LogP contribution < -0.4 is 9.64 Å². The second kappa shape index (κ2) is 15.3. The van der Waals surface area contributed by atoms with Gasteiger partial charge in [-0.1, -0.05) is 158 Å². The molecule has 0 spiro atoms. The molecule has 0 N–H and O–H groups in total. The largest absolute Gasteiger partial charge is 0.497 e. The Bertz CT molecular complexity index is 2850. The summed E-state index contributed by atoms with van der Waals surface area (Å²) in [5.74, 6) is 0.854. The van der Waals surface area contributed by atoms with Gasteiger partial charge in [0.1, 0.15) is 5.75 Å². The Morgan fingerprint density at radius 1 is 0.431 bits per heavy atom. The van der Waals surface area contributed by atoms with Crippen LogP contribution in [0.15, 0.2) is 218 Å². The minimum absolute atomic E-state index is 0.221. The van der Waals surface area contributed by atoms with Crippen LogP contribution in [0.5, 0.6) is 5.75 Å². The highest BCUT2D eigenvalue weighted by molar-refractivity contribution is 6.08. The fourth-order valence-corrected chi connectivity index (χ4v) is 8.47. The number of hydrogen-bond donors (Lipinski definition) is 0. The number of anilines is 3. The van der Waals surface area contributed by atoms with Gasteiger partial charge >= 0.3 is 0 Å². The molecule has 0 aliphatic heterocycles. The summed E-state index contributed by atoms with van der Waals surface area (Å²) in [4.78, 5) is 2.34. The van der Waals surface area contributed by atoms with Gasteiger partial charge in [0.25, 0.3) is 0 Å². The minimum Gasteiger partial charge on any atom is -0.497 e. The molecule has 1 atom stereocenters. The Morgan fingerprint density at radius 3 is 1.31 bits per heavy atom. The molecule has 10 rings (SSSR count). The van der Waals surface area contributed by atoms with Crippen molar-refractivity contribution in [3.05, 3.63) is 224 Å². The van der Waals surface area contributed by atoms with Crippen molar-refractivity contribution in [2.45, 2.75) is 12.5 Å². The van der Waals surface area contributed by atoms with Gasteiger partial charge in [0.2, 0.25) is 0 Å². The standard InChI is InChI=1S/C55H42N2O/c1-58-51-36-28-44(29-37-51)43-24-32-48(33-25-43)56(47-30-22-42(23-31-47)41-20-18-40(19-21-41)39-10-3-2-4-11-39)49-34-26-45(27-35-49)46-12-9-13-50(38-46)57-54-16-7-5-14-52(54)53-15-6-8-17-55(53)57/h2-12,14-38,50H,13H2,1H3. The van der Waals surface area contributed by atoms with Crippen LogP contribution in [0.1, 0.15) is 18.0 Å². The quantitative estimate of drug-likeness (QED) is 0.146. The topological polar surface area (TPSA) is 17.4 Å².